The Morgan fingerprint density at radius 3 is 2.30 bits per heavy atom. The molecule has 0 amide bonds. The van der Waals surface area contributed by atoms with Crippen LogP contribution in [0.4, 0.5) is 0 Å². The number of hydrogen-bond donors (Lipinski definition) is 2. The summed E-state index contributed by atoms with van der Waals surface area (Å²) < 4.78 is 0. The predicted molar refractivity (Wildman–Crippen MR) is 84.0 cm³/mol. The van der Waals surface area contributed by atoms with Gasteiger partial charge in [0.15, 0.2) is 0 Å². The molecule has 0 bridgehead atoms. The maximum absolute atomic E-state index is 6.53. The molecule has 5 heteroatoms. The van der Waals surface area contributed by atoms with Gasteiger partial charge in [-0.25, -0.2) is 4.98 Å². The van der Waals surface area contributed by atoms with Crippen LogP contribution in [-0.2, 0) is 5.54 Å². The summed E-state index contributed by atoms with van der Waals surface area (Å²) in [5.74, 6) is 0. The normalized spacial score (nSPS) is 15.7. The number of nitrogens with one attached hydrogen (secondary N) is 1. The highest BCUT2D eigenvalue weighted by atomic mass is 35.5. The van der Waals surface area contributed by atoms with Gasteiger partial charge in [0.25, 0.3) is 0 Å². The van der Waals surface area contributed by atoms with Crippen molar-refractivity contribution in [1.29, 1.82) is 0 Å². The van der Waals surface area contributed by atoms with Crippen LogP contribution in [-0.4, -0.2) is 12.0 Å². The van der Waals surface area contributed by atoms with E-state index in [2.05, 4.69) is 10.3 Å². The third kappa shape index (κ3) is 3.13. The van der Waals surface area contributed by atoms with E-state index in [0.717, 1.165) is 11.1 Å². The molecule has 106 valence electrons. The van der Waals surface area contributed by atoms with Crippen molar-refractivity contribution in [3.05, 3.63) is 63.9 Å². The minimum Gasteiger partial charge on any atom is -0.320 e. The third-order valence-electron chi connectivity index (χ3n) is 3.44. The average molecular weight is 310 g/mol. The van der Waals surface area contributed by atoms with E-state index >= 15 is 0 Å². The van der Waals surface area contributed by atoms with Gasteiger partial charge >= 0.3 is 0 Å². The van der Waals surface area contributed by atoms with E-state index in [1.165, 1.54) is 0 Å². The van der Waals surface area contributed by atoms with Crippen molar-refractivity contribution in [3.8, 4) is 0 Å². The fourth-order valence-electron chi connectivity index (χ4n) is 2.33. The first kappa shape index (κ1) is 15.3. The van der Waals surface area contributed by atoms with E-state index in [0.29, 0.717) is 10.2 Å². The summed E-state index contributed by atoms with van der Waals surface area (Å²) in [5, 5.41) is 4.42. The lowest BCUT2D eigenvalue weighted by Gasteiger charge is -2.34. The first-order chi connectivity index (χ1) is 9.45. The Labute approximate surface area is 129 Å². The van der Waals surface area contributed by atoms with Crippen LogP contribution in [0.3, 0.4) is 0 Å². The molecule has 1 aromatic carbocycles. The second-order valence-electron chi connectivity index (χ2n) is 4.93. The van der Waals surface area contributed by atoms with Crippen molar-refractivity contribution in [2.24, 2.45) is 5.73 Å². The Hall–Kier alpha value is -1.13. The Balaban J connectivity index is 2.38. The molecule has 2 rings (SSSR count). The number of rotatable bonds is 4. The van der Waals surface area contributed by atoms with Crippen molar-refractivity contribution >= 4 is 23.2 Å². The molecule has 0 aliphatic carbocycles. The lowest BCUT2D eigenvalue weighted by Crippen LogP contribution is -2.45. The molecule has 0 fully saturated rings. The number of hydrogen-bond acceptors (Lipinski definition) is 3. The molecule has 0 radical (unpaired) electrons. The smallest absolute Gasteiger partial charge is 0.129 e. The molecule has 1 heterocycles. The lowest BCUT2D eigenvalue weighted by molar-refractivity contribution is 0.348. The second kappa shape index (κ2) is 6.10. The van der Waals surface area contributed by atoms with E-state index in [-0.39, 0.29) is 6.04 Å². The molecule has 0 aliphatic heterocycles. The number of nitrogens with two attached hydrogens (primary N) is 1. The highest BCUT2D eigenvalue weighted by molar-refractivity contribution is 6.30. The minimum absolute atomic E-state index is 0.0669. The fourth-order valence-corrected chi connectivity index (χ4v) is 2.57. The Bertz CT molecular complexity index is 565. The summed E-state index contributed by atoms with van der Waals surface area (Å²) in [6.07, 6.45) is 1.71. The first-order valence-electron chi connectivity index (χ1n) is 6.29. The zero-order valence-electron chi connectivity index (χ0n) is 11.4. The Morgan fingerprint density at radius 1 is 1.15 bits per heavy atom. The van der Waals surface area contributed by atoms with Crippen LogP contribution in [0, 0.1) is 0 Å². The maximum atomic E-state index is 6.53. The van der Waals surface area contributed by atoms with Crippen LogP contribution in [0.15, 0.2) is 42.6 Å². The van der Waals surface area contributed by atoms with E-state index in [4.69, 9.17) is 28.9 Å². The molecular weight excluding hydrogens is 293 g/mol. The van der Waals surface area contributed by atoms with E-state index in [9.17, 15) is 0 Å². The highest BCUT2D eigenvalue weighted by Crippen LogP contribution is 2.32. The van der Waals surface area contributed by atoms with Gasteiger partial charge in [0.2, 0.25) is 0 Å². The monoisotopic (exact) mass is 309 g/mol. The van der Waals surface area contributed by atoms with Gasteiger partial charge < -0.3 is 11.1 Å². The fraction of sp³-hybridized carbons (Fsp3) is 0.267. The van der Waals surface area contributed by atoms with Gasteiger partial charge in [-0.15, -0.1) is 0 Å². The molecular formula is C15H17Cl2N3. The van der Waals surface area contributed by atoms with Crippen molar-refractivity contribution in [2.75, 3.05) is 7.05 Å². The molecule has 2 atom stereocenters. The van der Waals surface area contributed by atoms with E-state index in [1.54, 1.807) is 12.3 Å². The SMILES string of the molecule is CNC(c1ccc(Cl)cc1)C(C)(N)c1ccc(Cl)nc1. The van der Waals surface area contributed by atoms with Gasteiger partial charge in [-0.05, 0) is 43.3 Å². The Morgan fingerprint density at radius 2 is 1.80 bits per heavy atom. The molecule has 0 spiro atoms. The summed E-state index contributed by atoms with van der Waals surface area (Å²) in [4.78, 5) is 4.11. The van der Waals surface area contributed by atoms with Crippen LogP contribution in [0.1, 0.15) is 24.1 Å². The summed E-state index contributed by atoms with van der Waals surface area (Å²) >= 11 is 11.8. The minimum atomic E-state index is -0.625. The van der Waals surface area contributed by atoms with Crippen LogP contribution < -0.4 is 11.1 Å². The third-order valence-corrected chi connectivity index (χ3v) is 3.92. The summed E-state index contributed by atoms with van der Waals surface area (Å²) in [7, 11) is 1.88. The van der Waals surface area contributed by atoms with Gasteiger partial charge in [-0.3, -0.25) is 0 Å². The molecule has 1 aromatic heterocycles. The summed E-state index contributed by atoms with van der Waals surface area (Å²) in [6, 6.07) is 11.2. The zero-order valence-corrected chi connectivity index (χ0v) is 12.9. The topological polar surface area (TPSA) is 50.9 Å². The van der Waals surface area contributed by atoms with Crippen molar-refractivity contribution < 1.29 is 0 Å². The van der Waals surface area contributed by atoms with Crippen LogP contribution in [0.5, 0.6) is 0 Å². The molecule has 0 saturated carbocycles. The summed E-state index contributed by atoms with van der Waals surface area (Å²) in [5.41, 5.74) is 7.89. The number of likely N-dealkylation sites (N-methyl/N-ethyl adjacent to an activating group) is 1. The van der Waals surface area contributed by atoms with Crippen LogP contribution in [0.25, 0.3) is 0 Å². The molecule has 3 N–H and O–H groups in total. The van der Waals surface area contributed by atoms with Crippen LogP contribution in [0.2, 0.25) is 10.2 Å². The lowest BCUT2D eigenvalue weighted by atomic mass is 9.82. The second-order valence-corrected chi connectivity index (χ2v) is 5.75. The maximum Gasteiger partial charge on any atom is 0.129 e. The molecule has 2 unspecified atom stereocenters. The van der Waals surface area contributed by atoms with Gasteiger partial charge in [-0.1, -0.05) is 41.4 Å². The van der Waals surface area contributed by atoms with E-state index in [1.807, 2.05) is 44.3 Å². The van der Waals surface area contributed by atoms with E-state index < -0.39 is 5.54 Å². The average Bonchev–Trinajstić information content (AvgIpc) is 2.42. The molecule has 3 nitrogen and oxygen atoms in total. The largest absolute Gasteiger partial charge is 0.320 e. The van der Waals surface area contributed by atoms with Crippen molar-refractivity contribution in [1.82, 2.24) is 10.3 Å². The number of benzene rings is 1. The number of aromatic nitrogens is 1. The first-order valence-corrected chi connectivity index (χ1v) is 7.04. The van der Waals surface area contributed by atoms with Gasteiger partial charge in [0, 0.05) is 11.2 Å². The molecule has 0 aliphatic rings. The van der Waals surface area contributed by atoms with Gasteiger partial charge in [0.1, 0.15) is 5.15 Å². The number of pyridine rings is 1. The van der Waals surface area contributed by atoms with Gasteiger partial charge in [-0.2, -0.15) is 0 Å². The quantitative estimate of drug-likeness (QED) is 0.850. The van der Waals surface area contributed by atoms with Crippen molar-refractivity contribution in [3.63, 3.8) is 0 Å². The molecule has 0 saturated heterocycles. The number of halogens is 2. The Kier molecular flexibility index (Phi) is 4.66. The summed E-state index contributed by atoms with van der Waals surface area (Å²) in [6.45, 7) is 1.97. The zero-order chi connectivity index (χ0) is 14.8. The van der Waals surface area contributed by atoms with Crippen molar-refractivity contribution in [2.45, 2.75) is 18.5 Å². The predicted octanol–water partition coefficient (Wildman–Crippen LogP) is 3.52. The number of nitrogens with zero attached hydrogens (tertiary/aromatic N) is 1. The highest BCUT2D eigenvalue weighted by Gasteiger charge is 2.32. The van der Waals surface area contributed by atoms with Gasteiger partial charge in [0.05, 0.1) is 11.6 Å². The standard InChI is InChI=1S/C15H17Cl2N3/c1-15(18,11-5-8-13(17)20-9-11)14(19-2)10-3-6-12(16)7-4-10/h3-9,14,19H,18H2,1-2H3. The van der Waals surface area contributed by atoms with Crippen LogP contribution >= 0.6 is 23.2 Å². The molecule has 2 aromatic rings. The molecule has 20 heavy (non-hydrogen) atoms.